The average Bonchev–Trinajstić information content (AvgIpc) is 2.99. The number of esters is 1. The lowest BCUT2D eigenvalue weighted by Gasteiger charge is -2.02. The number of rotatable bonds is 4. The Morgan fingerprint density at radius 1 is 1.08 bits per heavy atom. The molecule has 0 N–H and O–H groups in total. The number of methoxy groups -OCH3 is 1. The third kappa shape index (κ3) is 3.55. The molecule has 24 heavy (non-hydrogen) atoms. The van der Waals surface area contributed by atoms with Crippen LogP contribution in [0.5, 0.6) is 0 Å². The SMILES string of the molecule is COC(=O)Cc1nc(-c2ccc(C)cc2)c(-c2ccc(P)cc2)o1. The van der Waals surface area contributed by atoms with Gasteiger partial charge in [-0.05, 0) is 12.2 Å². The molecule has 0 bridgehead atoms. The molecule has 0 aliphatic heterocycles. The van der Waals surface area contributed by atoms with E-state index in [1.807, 2.05) is 55.5 Å². The minimum Gasteiger partial charge on any atom is -0.469 e. The maximum Gasteiger partial charge on any atom is 0.314 e. The summed E-state index contributed by atoms with van der Waals surface area (Å²) in [6.07, 6.45) is 0.0110. The number of aryl methyl sites for hydroxylation is 1. The first kappa shape index (κ1) is 16.4. The summed E-state index contributed by atoms with van der Waals surface area (Å²) < 4.78 is 10.6. The van der Waals surface area contributed by atoms with Crippen LogP contribution in [0.4, 0.5) is 0 Å². The van der Waals surface area contributed by atoms with Gasteiger partial charge < -0.3 is 9.15 Å². The van der Waals surface area contributed by atoms with Crippen LogP contribution in [0.2, 0.25) is 0 Å². The second kappa shape index (κ2) is 6.98. The third-order valence-electron chi connectivity index (χ3n) is 3.69. The highest BCUT2D eigenvalue weighted by molar-refractivity contribution is 7.27. The number of hydrogen-bond donors (Lipinski definition) is 0. The molecule has 1 heterocycles. The summed E-state index contributed by atoms with van der Waals surface area (Å²) in [7, 11) is 4.01. The Kier molecular flexibility index (Phi) is 4.77. The van der Waals surface area contributed by atoms with E-state index in [1.54, 1.807) is 0 Å². The Balaban J connectivity index is 2.08. The van der Waals surface area contributed by atoms with Crippen LogP contribution in [0.1, 0.15) is 11.5 Å². The van der Waals surface area contributed by atoms with E-state index in [2.05, 4.69) is 14.2 Å². The van der Waals surface area contributed by atoms with Gasteiger partial charge in [-0.1, -0.05) is 54.1 Å². The van der Waals surface area contributed by atoms with Gasteiger partial charge in [-0.3, -0.25) is 4.79 Å². The molecule has 0 saturated heterocycles. The lowest BCUT2D eigenvalue weighted by Crippen LogP contribution is -2.04. The van der Waals surface area contributed by atoms with Gasteiger partial charge in [0.1, 0.15) is 12.1 Å². The molecular weight excluding hydrogens is 321 g/mol. The van der Waals surface area contributed by atoms with Gasteiger partial charge >= 0.3 is 5.97 Å². The van der Waals surface area contributed by atoms with Crippen molar-refractivity contribution in [1.29, 1.82) is 0 Å². The van der Waals surface area contributed by atoms with Crippen LogP contribution >= 0.6 is 9.24 Å². The Labute approximate surface area is 143 Å². The normalized spacial score (nSPS) is 10.6. The van der Waals surface area contributed by atoms with Gasteiger partial charge in [0, 0.05) is 11.1 Å². The molecule has 1 unspecified atom stereocenters. The van der Waals surface area contributed by atoms with E-state index in [-0.39, 0.29) is 12.4 Å². The largest absolute Gasteiger partial charge is 0.469 e. The van der Waals surface area contributed by atoms with E-state index in [0.29, 0.717) is 11.7 Å². The minimum atomic E-state index is -0.376. The number of nitrogens with zero attached hydrogens (tertiary/aromatic N) is 1. The summed E-state index contributed by atoms with van der Waals surface area (Å²) >= 11 is 0. The highest BCUT2D eigenvalue weighted by Crippen LogP contribution is 2.32. The van der Waals surface area contributed by atoms with Crippen LogP contribution in [0, 0.1) is 6.92 Å². The van der Waals surface area contributed by atoms with Gasteiger partial charge in [0.05, 0.1) is 7.11 Å². The fourth-order valence-electron chi connectivity index (χ4n) is 2.37. The number of hydrogen-bond acceptors (Lipinski definition) is 4. The molecule has 3 rings (SSSR count). The lowest BCUT2D eigenvalue weighted by molar-refractivity contribution is -0.140. The van der Waals surface area contributed by atoms with E-state index in [0.717, 1.165) is 22.1 Å². The molecule has 122 valence electrons. The summed E-state index contributed by atoms with van der Waals surface area (Å²) in [4.78, 5) is 16.1. The predicted octanol–water partition coefficient (Wildman–Crippen LogP) is 3.53. The predicted molar refractivity (Wildman–Crippen MR) is 97.2 cm³/mol. The van der Waals surface area contributed by atoms with Gasteiger partial charge in [0.15, 0.2) is 5.76 Å². The van der Waals surface area contributed by atoms with E-state index in [9.17, 15) is 4.79 Å². The molecule has 3 aromatic rings. The third-order valence-corrected chi connectivity index (χ3v) is 4.08. The molecule has 0 fully saturated rings. The fourth-order valence-corrected chi connectivity index (χ4v) is 2.57. The molecular formula is C19H18NO3P. The number of aromatic nitrogens is 1. The Morgan fingerprint density at radius 2 is 1.71 bits per heavy atom. The summed E-state index contributed by atoms with van der Waals surface area (Å²) in [6, 6.07) is 16.0. The fraction of sp³-hybridized carbons (Fsp3) is 0.158. The Hall–Kier alpha value is -2.45. The zero-order valence-corrected chi connectivity index (χ0v) is 14.7. The van der Waals surface area contributed by atoms with Gasteiger partial charge in [-0.25, -0.2) is 4.98 Å². The molecule has 0 radical (unpaired) electrons. The smallest absolute Gasteiger partial charge is 0.314 e. The van der Waals surface area contributed by atoms with Crippen molar-refractivity contribution < 1.29 is 13.9 Å². The van der Waals surface area contributed by atoms with Crippen LogP contribution in [0.3, 0.4) is 0 Å². The van der Waals surface area contributed by atoms with Crippen LogP contribution in [0.25, 0.3) is 22.6 Å². The molecule has 5 heteroatoms. The summed E-state index contributed by atoms with van der Waals surface area (Å²) in [5.74, 6) is 0.628. The monoisotopic (exact) mass is 339 g/mol. The number of ether oxygens (including phenoxy) is 1. The molecule has 2 aromatic carbocycles. The van der Waals surface area contributed by atoms with Crippen molar-refractivity contribution in [1.82, 2.24) is 4.98 Å². The summed E-state index contributed by atoms with van der Waals surface area (Å²) in [6.45, 7) is 2.04. The van der Waals surface area contributed by atoms with Crippen molar-refractivity contribution in [3.05, 3.63) is 60.0 Å². The Morgan fingerprint density at radius 3 is 2.33 bits per heavy atom. The maximum absolute atomic E-state index is 11.5. The lowest BCUT2D eigenvalue weighted by atomic mass is 10.0. The average molecular weight is 339 g/mol. The van der Waals surface area contributed by atoms with E-state index in [4.69, 9.17) is 9.15 Å². The zero-order valence-electron chi connectivity index (χ0n) is 13.6. The molecule has 0 aliphatic rings. The Bertz CT molecular complexity index is 788. The number of oxazole rings is 1. The van der Waals surface area contributed by atoms with Crippen molar-refractivity contribution in [3.8, 4) is 22.6 Å². The standard InChI is InChI=1S/C19H18NO3P/c1-12-3-5-13(6-4-12)18-19(14-7-9-15(24)10-8-14)23-16(20-18)11-17(21)22-2/h3-10H,11,24H2,1-2H3. The van der Waals surface area contributed by atoms with E-state index < -0.39 is 0 Å². The van der Waals surface area contributed by atoms with Crippen LogP contribution in [-0.4, -0.2) is 18.1 Å². The van der Waals surface area contributed by atoms with Crippen molar-refractivity contribution in [2.75, 3.05) is 7.11 Å². The molecule has 1 atom stereocenters. The van der Waals surface area contributed by atoms with E-state index in [1.165, 1.54) is 12.7 Å². The molecule has 0 saturated carbocycles. The number of carbonyl (C=O) groups is 1. The summed E-state index contributed by atoms with van der Waals surface area (Å²) in [5.41, 5.74) is 3.77. The molecule has 0 amide bonds. The number of carbonyl (C=O) groups excluding carboxylic acids is 1. The van der Waals surface area contributed by atoms with Gasteiger partial charge in [-0.2, -0.15) is 0 Å². The van der Waals surface area contributed by atoms with Crippen molar-refractivity contribution in [2.45, 2.75) is 13.3 Å². The quantitative estimate of drug-likeness (QED) is 0.539. The first-order valence-corrected chi connectivity index (χ1v) is 8.14. The molecule has 0 spiro atoms. The zero-order chi connectivity index (χ0) is 17.1. The minimum absolute atomic E-state index is 0.0110. The highest BCUT2D eigenvalue weighted by Gasteiger charge is 2.18. The van der Waals surface area contributed by atoms with Crippen molar-refractivity contribution >= 4 is 20.5 Å². The first-order chi connectivity index (χ1) is 11.6. The molecule has 0 aliphatic carbocycles. The van der Waals surface area contributed by atoms with Gasteiger partial charge in [0.25, 0.3) is 0 Å². The van der Waals surface area contributed by atoms with Crippen LogP contribution < -0.4 is 5.30 Å². The summed E-state index contributed by atoms with van der Waals surface area (Å²) in [5, 5.41) is 1.09. The first-order valence-electron chi connectivity index (χ1n) is 7.56. The maximum atomic E-state index is 11.5. The van der Waals surface area contributed by atoms with Gasteiger partial charge in [0.2, 0.25) is 5.89 Å². The molecule has 4 nitrogen and oxygen atoms in total. The van der Waals surface area contributed by atoms with Crippen LogP contribution in [0.15, 0.2) is 52.9 Å². The van der Waals surface area contributed by atoms with Gasteiger partial charge in [-0.15, -0.1) is 9.24 Å². The molecule has 1 aromatic heterocycles. The van der Waals surface area contributed by atoms with Crippen molar-refractivity contribution in [2.24, 2.45) is 0 Å². The van der Waals surface area contributed by atoms with Crippen LogP contribution in [-0.2, 0) is 16.0 Å². The highest BCUT2D eigenvalue weighted by atomic mass is 31.0. The second-order valence-electron chi connectivity index (χ2n) is 5.53. The van der Waals surface area contributed by atoms with Crippen molar-refractivity contribution in [3.63, 3.8) is 0 Å². The topological polar surface area (TPSA) is 52.3 Å². The van der Waals surface area contributed by atoms with E-state index >= 15 is 0 Å². The second-order valence-corrected chi connectivity index (χ2v) is 6.19. The number of benzene rings is 2.